The third kappa shape index (κ3) is 2.77. The minimum absolute atomic E-state index is 0.0963. The van der Waals surface area contributed by atoms with Gasteiger partial charge in [-0.05, 0) is 43.2 Å². The molecule has 0 saturated heterocycles. The maximum Gasteiger partial charge on any atom is 0.234 e. The largest absolute Gasteiger partial charge is 0.279 e. The summed E-state index contributed by atoms with van der Waals surface area (Å²) in [6, 6.07) is 9.75. The Morgan fingerprint density at radius 1 is 1.08 bits per heavy atom. The number of H-pyrrole nitrogens is 1. The summed E-state index contributed by atoms with van der Waals surface area (Å²) in [6.07, 6.45) is 10.7. The zero-order valence-electron chi connectivity index (χ0n) is 13.5. The van der Waals surface area contributed by atoms with Crippen LogP contribution in [0, 0.1) is 5.92 Å². The standard InChI is InChI=1S/C19H20N4O/c24-19(14-5-2-1-3-6-14)23(17-7-4-10-20-13-17)16-8-9-18-15(11-16)12-21-22-18/h4,7-14H,1-3,5-6H2,(H,21,22). The zero-order valence-corrected chi connectivity index (χ0v) is 13.5. The number of aromatic nitrogens is 3. The average Bonchev–Trinajstić information content (AvgIpc) is 3.11. The van der Waals surface area contributed by atoms with Gasteiger partial charge >= 0.3 is 0 Å². The first kappa shape index (κ1) is 14.9. The van der Waals surface area contributed by atoms with Crippen LogP contribution in [-0.4, -0.2) is 21.1 Å². The van der Waals surface area contributed by atoms with Crippen molar-refractivity contribution in [1.82, 2.24) is 15.2 Å². The first-order valence-electron chi connectivity index (χ1n) is 8.50. The lowest BCUT2D eigenvalue weighted by Crippen LogP contribution is -2.33. The van der Waals surface area contributed by atoms with Crippen molar-refractivity contribution in [3.8, 4) is 0 Å². The maximum atomic E-state index is 13.2. The molecule has 5 heteroatoms. The van der Waals surface area contributed by atoms with E-state index in [2.05, 4.69) is 15.2 Å². The number of pyridine rings is 1. The number of benzene rings is 1. The summed E-state index contributed by atoms with van der Waals surface area (Å²) in [7, 11) is 0. The monoisotopic (exact) mass is 320 g/mol. The lowest BCUT2D eigenvalue weighted by atomic mass is 9.88. The Morgan fingerprint density at radius 2 is 1.96 bits per heavy atom. The Hall–Kier alpha value is -2.69. The van der Waals surface area contributed by atoms with E-state index in [4.69, 9.17) is 0 Å². The van der Waals surface area contributed by atoms with Crippen LogP contribution in [0.1, 0.15) is 32.1 Å². The first-order chi connectivity index (χ1) is 11.8. The van der Waals surface area contributed by atoms with Crippen LogP contribution in [0.5, 0.6) is 0 Å². The summed E-state index contributed by atoms with van der Waals surface area (Å²) in [5.41, 5.74) is 2.65. The zero-order chi connectivity index (χ0) is 16.4. The van der Waals surface area contributed by atoms with E-state index in [-0.39, 0.29) is 11.8 Å². The molecule has 1 aromatic carbocycles. The summed E-state index contributed by atoms with van der Waals surface area (Å²) in [4.78, 5) is 19.3. The molecular weight excluding hydrogens is 300 g/mol. The molecule has 0 atom stereocenters. The molecule has 1 amide bonds. The number of anilines is 2. The van der Waals surface area contributed by atoms with Gasteiger partial charge in [0.15, 0.2) is 0 Å². The summed E-state index contributed by atoms with van der Waals surface area (Å²) in [5.74, 6) is 0.268. The molecule has 2 heterocycles. The molecule has 24 heavy (non-hydrogen) atoms. The van der Waals surface area contributed by atoms with E-state index in [1.807, 2.05) is 35.2 Å². The topological polar surface area (TPSA) is 61.9 Å². The molecule has 1 fully saturated rings. The van der Waals surface area contributed by atoms with Crippen molar-refractivity contribution in [3.63, 3.8) is 0 Å². The molecule has 5 nitrogen and oxygen atoms in total. The molecule has 0 radical (unpaired) electrons. The molecule has 1 saturated carbocycles. The Kier molecular flexibility index (Phi) is 3.99. The third-order valence-electron chi connectivity index (χ3n) is 4.76. The second-order valence-corrected chi connectivity index (χ2v) is 6.36. The molecule has 1 aliphatic rings. The Labute approximate surface area is 140 Å². The normalized spacial score (nSPS) is 15.5. The van der Waals surface area contributed by atoms with E-state index in [0.717, 1.165) is 48.0 Å². The molecule has 1 aliphatic carbocycles. The van der Waals surface area contributed by atoms with Gasteiger partial charge < -0.3 is 0 Å². The highest BCUT2D eigenvalue weighted by atomic mass is 16.2. The van der Waals surface area contributed by atoms with E-state index in [0.29, 0.717) is 0 Å². The van der Waals surface area contributed by atoms with E-state index in [1.54, 1.807) is 18.6 Å². The lowest BCUT2D eigenvalue weighted by Gasteiger charge is -2.29. The Bertz CT molecular complexity index is 837. The number of amides is 1. The van der Waals surface area contributed by atoms with Crippen LogP contribution in [0.15, 0.2) is 48.9 Å². The quantitative estimate of drug-likeness (QED) is 0.786. The van der Waals surface area contributed by atoms with Crippen molar-refractivity contribution >= 4 is 28.2 Å². The lowest BCUT2D eigenvalue weighted by molar-refractivity contribution is -0.122. The van der Waals surface area contributed by atoms with Crippen LogP contribution in [0.25, 0.3) is 10.9 Å². The van der Waals surface area contributed by atoms with Crippen molar-refractivity contribution in [3.05, 3.63) is 48.9 Å². The highest BCUT2D eigenvalue weighted by molar-refractivity contribution is 6.03. The third-order valence-corrected chi connectivity index (χ3v) is 4.76. The highest BCUT2D eigenvalue weighted by Gasteiger charge is 2.28. The Balaban J connectivity index is 1.76. The molecule has 0 aliphatic heterocycles. The van der Waals surface area contributed by atoms with Gasteiger partial charge in [-0.1, -0.05) is 19.3 Å². The van der Waals surface area contributed by atoms with Gasteiger partial charge in [0.1, 0.15) is 0 Å². The number of fused-ring (bicyclic) bond motifs is 1. The molecule has 122 valence electrons. The predicted octanol–water partition coefficient (Wildman–Crippen LogP) is 4.20. The van der Waals surface area contributed by atoms with Crippen molar-refractivity contribution < 1.29 is 4.79 Å². The van der Waals surface area contributed by atoms with Crippen molar-refractivity contribution in [2.75, 3.05) is 4.90 Å². The number of carbonyl (C=O) groups is 1. The summed E-state index contributed by atoms with van der Waals surface area (Å²) < 4.78 is 0. The fourth-order valence-corrected chi connectivity index (χ4v) is 3.49. The fraction of sp³-hybridized carbons (Fsp3) is 0.316. The number of nitrogens with zero attached hydrogens (tertiary/aromatic N) is 3. The van der Waals surface area contributed by atoms with E-state index in [9.17, 15) is 4.79 Å². The first-order valence-corrected chi connectivity index (χ1v) is 8.50. The SMILES string of the molecule is O=C(C1CCCCC1)N(c1cccnc1)c1ccc2[nH]ncc2c1. The number of hydrogen-bond donors (Lipinski definition) is 1. The molecular formula is C19H20N4O. The van der Waals surface area contributed by atoms with Crippen LogP contribution >= 0.6 is 0 Å². The van der Waals surface area contributed by atoms with Gasteiger partial charge in [0.05, 0.1) is 23.6 Å². The second-order valence-electron chi connectivity index (χ2n) is 6.36. The molecule has 3 aromatic rings. The summed E-state index contributed by atoms with van der Waals surface area (Å²) in [5, 5.41) is 8.02. The smallest absolute Gasteiger partial charge is 0.234 e. The van der Waals surface area contributed by atoms with E-state index < -0.39 is 0 Å². The van der Waals surface area contributed by atoms with E-state index >= 15 is 0 Å². The van der Waals surface area contributed by atoms with Crippen LogP contribution in [0.3, 0.4) is 0 Å². The van der Waals surface area contributed by atoms with Gasteiger partial charge in [-0.15, -0.1) is 0 Å². The second kappa shape index (κ2) is 6.43. The molecule has 1 N–H and O–H groups in total. The summed E-state index contributed by atoms with van der Waals surface area (Å²) >= 11 is 0. The number of nitrogens with one attached hydrogen (secondary N) is 1. The maximum absolute atomic E-state index is 13.2. The van der Waals surface area contributed by atoms with Gasteiger partial charge in [-0.3, -0.25) is 19.8 Å². The summed E-state index contributed by atoms with van der Waals surface area (Å²) in [6.45, 7) is 0. The van der Waals surface area contributed by atoms with Crippen LogP contribution in [-0.2, 0) is 4.79 Å². The number of rotatable bonds is 3. The highest BCUT2D eigenvalue weighted by Crippen LogP contribution is 2.33. The number of carbonyl (C=O) groups excluding carboxylic acids is 1. The van der Waals surface area contributed by atoms with Crippen molar-refractivity contribution in [2.45, 2.75) is 32.1 Å². The van der Waals surface area contributed by atoms with Gasteiger partial charge in [-0.25, -0.2) is 0 Å². The van der Waals surface area contributed by atoms with Gasteiger partial charge in [-0.2, -0.15) is 5.10 Å². The minimum Gasteiger partial charge on any atom is -0.279 e. The predicted molar refractivity (Wildman–Crippen MR) is 94.1 cm³/mol. The van der Waals surface area contributed by atoms with Crippen LogP contribution < -0.4 is 4.90 Å². The Morgan fingerprint density at radius 3 is 2.75 bits per heavy atom. The molecule has 0 bridgehead atoms. The van der Waals surface area contributed by atoms with Crippen LogP contribution in [0.2, 0.25) is 0 Å². The van der Waals surface area contributed by atoms with Crippen molar-refractivity contribution in [2.24, 2.45) is 5.92 Å². The van der Waals surface area contributed by atoms with Gasteiger partial charge in [0.25, 0.3) is 0 Å². The molecule has 4 rings (SSSR count). The van der Waals surface area contributed by atoms with Gasteiger partial charge in [0.2, 0.25) is 5.91 Å². The minimum atomic E-state index is 0.0963. The van der Waals surface area contributed by atoms with Crippen LogP contribution in [0.4, 0.5) is 11.4 Å². The number of aromatic amines is 1. The molecule has 0 spiro atoms. The molecule has 0 unspecified atom stereocenters. The number of hydrogen-bond acceptors (Lipinski definition) is 3. The van der Waals surface area contributed by atoms with E-state index in [1.165, 1.54) is 6.42 Å². The molecule has 2 aromatic heterocycles. The average molecular weight is 320 g/mol. The van der Waals surface area contributed by atoms with Gasteiger partial charge in [0, 0.05) is 23.2 Å². The van der Waals surface area contributed by atoms with Crippen molar-refractivity contribution in [1.29, 1.82) is 0 Å². The fourth-order valence-electron chi connectivity index (χ4n) is 3.49.